The van der Waals surface area contributed by atoms with Gasteiger partial charge in [-0.15, -0.1) is 0 Å². The van der Waals surface area contributed by atoms with E-state index in [0.29, 0.717) is 32.5 Å². The molecule has 1 saturated heterocycles. The first-order valence-electron chi connectivity index (χ1n) is 7.02. The Morgan fingerprint density at radius 3 is 2.80 bits per heavy atom. The van der Waals surface area contributed by atoms with E-state index in [1.807, 2.05) is 30.3 Å². The number of hydrogen-bond donors (Lipinski definition) is 2. The zero-order valence-corrected chi connectivity index (χ0v) is 11.5. The Hall–Kier alpha value is -1.88. The molecular formula is C15H21N3O2. The van der Waals surface area contributed by atoms with Gasteiger partial charge >= 0.3 is 0 Å². The van der Waals surface area contributed by atoms with Crippen molar-refractivity contribution < 1.29 is 9.59 Å². The van der Waals surface area contributed by atoms with Gasteiger partial charge in [0.05, 0.1) is 6.04 Å². The minimum Gasteiger partial charge on any atom is -0.354 e. The van der Waals surface area contributed by atoms with E-state index in [2.05, 4.69) is 5.32 Å². The predicted molar refractivity (Wildman–Crippen MR) is 76.9 cm³/mol. The number of hydrogen-bond acceptors (Lipinski definition) is 3. The molecule has 1 aliphatic rings. The molecule has 1 aromatic rings. The zero-order chi connectivity index (χ0) is 14.4. The molecule has 5 nitrogen and oxygen atoms in total. The molecule has 1 heterocycles. The van der Waals surface area contributed by atoms with Crippen LogP contribution in [0.2, 0.25) is 0 Å². The van der Waals surface area contributed by atoms with Crippen LogP contribution in [-0.2, 0) is 16.0 Å². The predicted octanol–water partition coefficient (Wildman–Crippen LogP) is 0.295. The number of carbonyl (C=O) groups excluding carboxylic acids is 2. The Labute approximate surface area is 119 Å². The average molecular weight is 275 g/mol. The summed E-state index contributed by atoms with van der Waals surface area (Å²) >= 11 is 0. The zero-order valence-electron chi connectivity index (χ0n) is 11.5. The largest absolute Gasteiger partial charge is 0.354 e. The lowest BCUT2D eigenvalue weighted by atomic mass is 10.0. The number of rotatable bonds is 4. The van der Waals surface area contributed by atoms with E-state index in [1.54, 1.807) is 4.90 Å². The van der Waals surface area contributed by atoms with E-state index in [9.17, 15) is 9.59 Å². The maximum atomic E-state index is 12.2. The number of amides is 2. The summed E-state index contributed by atoms with van der Waals surface area (Å²) < 4.78 is 0. The lowest BCUT2D eigenvalue weighted by Crippen LogP contribution is -2.45. The molecule has 0 aromatic heterocycles. The normalized spacial score (nSPS) is 17.2. The van der Waals surface area contributed by atoms with Crippen molar-refractivity contribution in [1.29, 1.82) is 0 Å². The lowest BCUT2D eigenvalue weighted by molar-refractivity contribution is -0.132. The van der Waals surface area contributed by atoms with E-state index in [0.717, 1.165) is 6.42 Å². The highest BCUT2D eigenvalue weighted by atomic mass is 16.2. The second kappa shape index (κ2) is 7.05. The summed E-state index contributed by atoms with van der Waals surface area (Å²) in [6, 6.07) is 9.50. The third-order valence-electron chi connectivity index (χ3n) is 3.53. The number of nitrogens with two attached hydrogens (primary N) is 1. The van der Waals surface area contributed by atoms with Crippen molar-refractivity contribution in [3.8, 4) is 0 Å². The SMILES string of the molecule is NC(CCc1ccccc1)C(=O)N1CCNC(=O)CC1. The molecule has 1 unspecified atom stereocenters. The van der Waals surface area contributed by atoms with E-state index < -0.39 is 6.04 Å². The van der Waals surface area contributed by atoms with Crippen LogP contribution in [0.4, 0.5) is 0 Å². The van der Waals surface area contributed by atoms with Crippen molar-refractivity contribution in [3.63, 3.8) is 0 Å². The molecule has 2 rings (SSSR count). The highest BCUT2D eigenvalue weighted by Gasteiger charge is 2.23. The molecule has 0 aliphatic carbocycles. The molecular weight excluding hydrogens is 254 g/mol. The summed E-state index contributed by atoms with van der Waals surface area (Å²) in [7, 11) is 0. The van der Waals surface area contributed by atoms with Crippen molar-refractivity contribution in [1.82, 2.24) is 10.2 Å². The Balaban J connectivity index is 1.83. The minimum absolute atomic E-state index is 0.00171. The lowest BCUT2D eigenvalue weighted by Gasteiger charge is -2.23. The molecule has 0 radical (unpaired) electrons. The summed E-state index contributed by atoms with van der Waals surface area (Å²) in [4.78, 5) is 25.2. The molecule has 3 N–H and O–H groups in total. The maximum absolute atomic E-state index is 12.2. The molecule has 5 heteroatoms. The van der Waals surface area contributed by atoms with Crippen LogP contribution in [0.3, 0.4) is 0 Å². The second-order valence-corrected chi connectivity index (χ2v) is 5.06. The van der Waals surface area contributed by atoms with Gasteiger partial charge in [0.15, 0.2) is 0 Å². The third kappa shape index (κ3) is 4.06. The molecule has 0 spiro atoms. The van der Waals surface area contributed by atoms with Crippen molar-refractivity contribution in [2.75, 3.05) is 19.6 Å². The van der Waals surface area contributed by atoms with Crippen molar-refractivity contribution in [2.24, 2.45) is 5.73 Å². The molecule has 1 fully saturated rings. The van der Waals surface area contributed by atoms with E-state index in [1.165, 1.54) is 5.56 Å². The van der Waals surface area contributed by atoms with Gasteiger partial charge in [0.25, 0.3) is 0 Å². The summed E-state index contributed by atoms with van der Waals surface area (Å²) in [5.41, 5.74) is 7.17. The minimum atomic E-state index is -0.497. The Bertz CT molecular complexity index is 461. The van der Waals surface area contributed by atoms with Crippen LogP contribution in [-0.4, -0.2) is 42.4 Å². The quantitative estimate of drug-likeness (QED) is 0.829. The summed E-state index contributed by atoms with van der Waals surface area (Å²) in [5.74, 6) is -0.0596. The third-order valence-corrected chi connectivity index (χ3v) is 3.53. The molecule has 2 amide bonds. The Morgan fingerprint density at radius 1 is 1.30 bits per heavy atom. The molecule has 108 valence electrons. The first kappa shape index (κ1) is 14.5. The van der Waals surface area contributed by atoms with Gasteiger partial charge in [-0.1, -0.05) is 30.3 Å². The van der Waals surface area contributed by atoms with Crippen LogP contribution in [0, 0.1) is 0 Å². The Morgan fingerprint density at radius 2 is 2.05 bits per heavy atom. The summed E-state index contributed by atoms with van der Waals surface area (Å²) in [6.07, 6.45) is 1.77. The fraction of sp³-hybridized carbons (Fsp3) is 0.467. The van der Waals surface area contributed by atoms with Gasteiger partial charge in [-0.05, 0) is 18.4 Å². The molecule has 1 aliphatic heterocycles. The molecule has 1 aromatic carbocycles. The van der Waals surface area contributed by atoms with E-state index in [4.69, 9.17) is 5.73 Å². The van der Waals surface area contributed by atoms with Gasteiger partial charge in [-0.3, -0.25) is 9.59 Å². The van der Waals surface area contributed by atoms with Gasteiger partial charge in [-0.2, -0.15) is 0 Å². The molecule has 0 bridgehead atoms. The van der Waals surface area contributed by atoms with Crippen LogP contribution < -0.4 is 11.1 Å². The molecule has 0 saturated carbocycles. The Kier molecular flexibility index (Phi) is 5.12. The molecule has 20 heavy (non-hydrogen) atoms. The summed E-state index contributed by atoms with van der Waals surface area (Å²) in [5, 5.41) is 2.75. The van der Waals surface area contributed by atoms with E-state index >= 15 is 0 Å². The van der Waals surface area contributed by atoms with Crippen molar-refractivity contribution in [3.05, 3.63) is 35.9 Å². The fourth-order valence-electron chi connectivity index (χ4n) is 2.31. The van der Waals surface area contributed by atoms with Gasteiger partial charge in [0.1, 0.15) is 0 Å². The average Bonchev–Trinajstić information content (AvgIpc) is 2.70. The van der Waals surface area contributed by atoms with Crippen molar-refractivity contribution >= 4 is 11.8 Å². The first-order valence-corrected chi connectivity index (χ1v) is 7.02. The number of carbonyl (C=O) groups is 2. The van der Waals surface area contributed by atoms with Gasteiger partial charge in [-0.25, -0.2) is 0 Å². The highest BCUT2D eigenvalue weighted by molar-refractivity contribution is 5.83. The van der Waals surface area contributed by atoms with Crippen LogP contribution in [0.15, 0.2) is 30.3 Å². The maximum Gasteiger partial charge on any atom is 0.239 e. The summed E-state index contributed by atoms with van der Waals surface area (Å²) in [6.45, 7) is 1.52. The van der Waals surface area contributed by atoms with Gasteiger partial charge < -0.3 is 16.0 Å². The molecule has 1 atom stereocenters. The number of benzene rings is 1. The van der Waals surface area contributed by atoms with Gasteiger partial charge in [0, 0.05) is 26.1 Å². The number of aryl methyl sites for hydroxylation is 1. The standard InChI is InChI=1S/C15H21N3O2/c16-13(7-6-12-4-2-1-3-5-12)15(20)18-10-8-14(19)17-9-11-18/h1-5,13H,6-11,16H2,(H,17,19). The van der Waals surface area contributed by atoms with Crippen LogP contribution in [0.1, 0.15) is 18.4 Å². The smallest absolute Gasteiger partial charge is 0.239 e. The van der Waals surface area contributed by atoms with Gasteiger partial charge in [0.2, 0.25) is 11.8 Å². The second-order valence-electron chi connectivity index (χ2n) is 5.06. The highest BCUT2D eigenvalue weighted by Crippen LogP contribution is 2.07. The van der Waals surface area contributed by atoms with Crippen LogP contribution in [0.25, 0.3) is 0 Å². The van der Waals surface area contributed by atoms with Crippen LogP contribution >= 0.6 is 0 Å². The fourth-order valence-corrected chi connectivity index (χ4v) is 2.31. The van der Waals surface area contributed by atoms with Crippen molar-refractivity contribution in [2.45, 2.75) is 25.3 Å². The number of nitrogens with zero attached hydrogens (tertiary/aromatic N) is 1. The monoisotopic (exact) mass is 275 g/mol. The first-order chi connectivity index (χ1) is 9.66. The number of nitrogens with one attached hydrogen (secondary N) is 1. The van der Waals surface area contributed by atoms with E-state index in [-0.39, 0.29) is 11.8 Å². The van der Waals surface area contributed by atoms with Crippen LogP contribution in [0.5, 0.6) is 0 Å². The topological polar surface area (TPSA) is 75.4 Å².